The molecule has 0 aliphatic carbocycles. The van der Waals surface area contributed by atoms with Gasteiger partial charge in [0.1, 0.15) is 12.4 Å². The van der Waals surface area contributed by atoms with Gasteiger partial charge in [0.25, 0.3) is 5.56 Å². The first-order valence-electron chi connectivity index (χ1n) is 8.80. The number of pyridine rings is 1. The van der Waals surface area contributed by atoms with Crippen molar-refractivity contribution in [3.8, 4) is 5.75 Å². The fourth-order valence-electron chi connectivity index (χ4n) is 3.55. The molecule has 2 aliphatic rings. The van der Waals surface area contributed by atoms with Gasteiger partial charge in [-0.05, 0) is 31.0 Å². The van der Waals surface area contributed by atoms with E-state index in [1.54, 1.807) is 0 Å². The van der Waals surface area contributed by atoms with Crippen LogP contribution >= 0.6 is 0 Å². The van der Waals surface area contributed by atoms with Crippen LogP contribution in [0.1, 0.15) is 19.4 Å². The van der Waals surface area contributed by atoms with Crippen molar-refractivity contribution in [2.75, 3.05) is 51.2 Å². The highest BCUT2D eigenvalue weighted by atomic mass is 16.5. The normalized spacial score (nSPS) is 17.4. The van der Waals surface area contributed by atoms with E-state index in [9.17, 15) is 4.79 Å². The van der Waals surface area contributed by atoms with Crippen molar-refractivity contribution in [3.63, 3.8) is 0 Å². The van der Waals surface area contributed by atoms with E-state index in [1.807, 2.05) is 18.2 Å². The molecule has 136 valence electrons. The monoisotopic (exact) mass is 344 g/mol. The van der Waals surface area contributed by atoms with Crippen molar-refractivity contribution >= 4 is 16.6 Å². The van der Waals surface area contributed by atoms with Crippen molar-refractivity contribution in [3.05, 3.63) is 34.1 Å². The number of hydrogen-bond donors (Lipinski definition) is 3. The van der Waals surface area contributed by atoms with Gasteiger partial charge in [0.15, 0.2) is 0 Å². The number of H-pyrrole nitrogens is 1. The van der Waals surface area contributed by atoms with Gasteiger partial charge in [-0.15, -0.1) is 0 Å². The minimum absolute atomic E-state index is 0. The number of fused-ring (bicyclic) bond motifs is 3. The quantitative estimate of drug-likeness (QED) is 0.789. The first kappa shape index (κ1) is 17.8. The summed E-state index contributed by atoms with van der Waals surface area (Å²) in [6, 6.07) is 5.92. The van der Waals surface area contributed by atoms with Crippen LogP contribution in [0, 0.1) is 0 Å². The summed E-state index contributed by atoms with van der Waals surface area (Å²) in [6.45, 7) is 6.83. The fourth-order valence-corrected chi connectivity index (χ4v) is 3.55. The van der Waals surface area contributed by atoms with Crippen LogP contribution in [0.4, 0.5) is 5.69 Å². The van der Waals surface area contributed by atoms with Gasteiger partial charge in [0.05, 0.1) is 11.2 Å². The van der Waals surface area contributed by atoms with Gasteiger partial charge in [0, 0.05) is 50.2 Å². The average molecular weight is 344 g/mol. The maximum Gasteiger partial charge on any atom is 0.253 e. The molecule has 0 spiro atoms. The molecule has 1 fully saturated rings. The van der Waals surface area contributed by atoms with Gasteiger partial charge >= 0.3 is 0 Å². The molecule has 2 aliphatic heterocycles. The number of anilines is 1. The van der Waals surface area contributed by atoms with Crippen LogP contribution < -0.4 is 20.9 Å². The maximum absolute atomic E-state index is 12.2. The van der Waals surface area contributed by atoms with Crippen molar-refractivity contribution in [1.29, 1.82) is 0 Å². The van der Waals surface area contributed by atoms with Gasteiger partial charge in [-0.2, -0.15) is 0 Å². The average Bonchev–Trinajstić information content (AvgIpc) is 2.63. The topological polar surface area (TPSA) is 69.4 Å². The van der Waals surface area contributed by atoms with Gasteiger partial charge in [-0.1, -0.05) is 7.43 Å². The van der Waals surface area contributed by atoms with E-state index in [2.05, 4.69) is 20.5 Å². The number of rotatable bonds is 4. The second-order valence-corrected chi connectivity index (χ2v) is 6.49. The van der Waals surface area contributed by atoms with E-state index in [0.717, 1.165) is 80.0 Å². The molecule has 0 unspecified atom stereocenters. The lowest BCUT2D eigenvalue weighted by Gasteiger charge is -2.27. The highest BCUT2D eigenvalue weighted by molar-refractivity contribution is 5.94. The maximum atomic E-state index is 12.2. The summed E-state index contributed by atoms with van der Waals surface area (Å²) in [5.74, 6) is 0.860. The summed E-state index contributed by atoms with van der Waals surface area (Å²) in [7, 11) is 0. The van der Waals surface area contributed by atoms with Crippen LogP contribution in [0.15, 0.2) is 23.0 Å². The van der Waals surface area contributed by atoms with E-state index in [0.29, 0.717) is 6.61 Å². The van der Waals surface area contributed by atoms with Crippen molar-refractivity contribution in [1.82, 2.24) is 15.2 Å². The molecule has 0 bridgehead atoms. The minimum Gasteiger partial charge on any atom is -0.492 e. The third-order valence-corrected chi connectivity index (χ3v) is 4.88. The van der Waals surface area contributed by atoms with Crippen molar-refractivity contribution in [2.24, 2.45) is 0 Å². The number of ether oxygens (including phenoxy) is 1. The van der Waals surface area contributed by atoms with E-state index in [4.69, 9.17) is 4.74 Å². The molecular formula is C19H28N4O2. The Morgan fingerprint density at radius 2 is 2.00 bits per heavy atom. The molecule has 1 saturated heterocycles. The zero-order chi connectivity index (χ0) is 16.4. The van der Waals surface area contributed by atoms with Crippen LogP contribution in [-0.2, 0) is 6.42 Å². The second kappa shape index (κ2) is 7.89. The smallest absolute Gasteiger partial charge is 0.253 e. The Kier molecular flexibility index (Phi) is 5.60. The molecule has 0 amide bonds. The van der Waals surface area contributed by atoms with Gasteiger partial charge in [-0.3, -0.25) is 9.69 Å². The highest BCUT2D eigenvalue weighted by Crippen LogP contribution is 2.30. The van der Waals surface area contributed by atoms with E-state index in [1.165, 1.54) is 0 Å². The van der Waals surface area contributed by atoms with E-state index >= 15 is 0 Å². The van der Waals surface area contributed by atoms with Gasteiger partial charge in [0.2, 0.25) is 0 Å². The van der Waals surface area contributed by atoms with Crippen LogP contribution in [0.25, 0.3) is 10.9 Å². The largest absolute Gasteiger partial charge is 0.492 e. The predicted octanol–water partition coefficient (Wildman–Crippen LogP) is 1.81. The molecule has 6 nitrogen and oxygen atoms in total. The molecule has 0 saturated carbocycles. The summed E-state index contributed by atoms with van der Waals surface area (Å²) >= 11 is 0. The van der Waals surface area contributed by atoms with E-state index < -0.39 is 0 Å². The summed E-state index contributed by atoms with van der Waals surface area (Å²) < 4.78 is 5.96. The van der Waals surface area contributed by atoms with Crippen LogP contribution in [0.3, 0.4) is 0 Å². The lowest BCUT2D eigenvalue weighted by atomic mass is 10.0. The van der Waals surface area contributed by atoms with Crippen LogP contribution in [0.2, 0.25) is 0 Å². The summed E-state index contributed by atoms with van der Waals surface area (Å²) in [5.41, 5.74) is 2.74. The number of aromatic amines is 1. The first-order chi connectivity index (χ1) is 11.8. The number of piperazine rings is 1. The third-order valence-electron chi connectivity index (χ3n) is 4.88. The molecule has 1 aromatic carbocycles. The molecular weight excluding hydrogens is 316 g/mol. The number of aromatic nitrogens is 1. The Labute approximate surface area is 148 Å². The van der Waals surface area contributed by atoms with E-state index in [-0.39, 0.29) is 13.0 Å². The summed E-state index contributed by atoms with van der Waals surface area (Å²) in [4.78, 5) is 17.6. The Bertz CT molecular complexity index is 781. The first-order valence-corrected chi connectivity index (χ1v) is 8.80. The molecule has 25 heavy (non-hydrogen) atoms. The van der Waals surface area contributed by atoms with Gasteiger partial charge in [-0.25, -0.2) is 0 Å². The highest BCUT2D eigenvalue weighted by Gasteiger charge is 2.16. The Hall–Kier alpha value is -2.05. The third kappa shape index (κ3) is 3.80. The molecule has 3 heterocycles. The van der Waals surface area contributed by atoms with Crippen molar-refractivity contribution < 1.29 is 4.74 Å². The number of nitrogens with one attached hydrogen (secondary N) is 3. The van der Waals surface area contributed by atoms with Gasteiger partial charge < -0.3 is 20.4 Å². The molecule has 0 atom stereocenters. The number of benzene rings is 1. The van der Waals surface area contributed by atoms with Crippen molar-refractivity contribution in [2.45, 2.75) is 20.3 Å². The molecule has 4 rings (SSSR count). The summed E-state index contributed by atoms with van der Waals surface area (Å²) in [6.07, 6.45) is 1.84. The molecule has 0 radical (unpaired) electrons. The number of nitrogens with zero attached hydrogens (tertiary/aromatic N) is 1. The zero-order valence-corrected chi connectivity index (χ0v) is 13.9. The fraction of sp³-hybridized carbons (Fsp3) is 0.526. The summed E-state index contributed by atoms with van der Waals surface area (Å²) in [5, 5.41) is 7.79. The minimum atomic E-state index is 0. The predicted molar refractivity (Wildman–Crippen MR) is 103 cm³/mol. The SMILES string of the molecule is C.O=c1[nH]c2ccc(OCCN3CCNCC3)cc2c2c1CCCN2. The lowest BCUT2D eigenvalue weighted by molar-refractivity contribution is 0.191. The Morgan fingerprint density at radius 3 is 2.84 bits per heavy atom. The van der Waals surface area contributed by atoms with Crippen LogP contribution in [-0.4, -0.2) is 55.8 Å². The standard InChI is InChI=1S/C18H24N4O2.CH4/c23-18-14-2-1-5-20-17(14)15-12-13(3-4-16(15)21-18)24-11-10-22-8-6-19-7-9-22;/h3-4,12,19-20H,1-2,5-11H2,(H,21,23);1H4. The molecule has 2 aromatic rings. The molecule has 3 N–H and O–H groups in total. The lowest BCUT2D eigenvalue weighted by Crippen LogP contribution is -2.44. The Balaban J connectivity index is 0.00000182. The zero-order valence-electron chi connectivity index (χ0n) is 13.9. The Morgan fingerprint density at radius 1 is 1.16 bits per heavy atom. The van der Waals surface area contributed by atoms with Crippen LogP contribution in [0.5, 0.6) is 5.75 Å². The second-order valence-electron chi connectivity index (χ2n) is 6.49. The number of hydrogen-bond acceptors (Lipinski definition) is 5. The molecule has 6 heteroatoms. The molecule has 1 aromatic heterocycles.